The molecule has 3 nitrogen and oxygen atoms in total. The first-order chi connectivity index (χ1) is 11.9. The van der Waals surface area contributed by atoms with Crippen LogP contribution in [0.25, 0.3) is 0 Å². The maximum Gasteiger partial charge on any atom is 0.416 e. The van der Waals surface area contributed by atoms with Crippen molar-refractivity contribution in [1.29, 1.82) is 0 Å². The van der Waals surface area contributed by atoms with Gasteiger partial charge in [0.1, 0.15) is 0 Å². The highest BCUT2D eigenvalue weighted by atomic mass is 19.4. The first kappa shape index (κ1) is 19.6. The summed E-state index contributed by atoms with van der Waals surface area (Å²) in [6.45, 7) is 1.77. The van der Waals surface area contributed by atoms with Gasteiger partial charge in [-0.15, -0.1) is 0 Å². The number of carbonyl (C=O) groups is 1. The summed E-state index contributed by atoms with van der Waals surface area (Å²) in [5.41, 5.74) is -2.07. The first-order valence-corrected chi connectivity index (χ1v) is 7.31. The Morgan fingerprint density at radius 3 is 1.88 bits per heavy atom. The van der Waals surface area contributed by atoms with Gasteiger partial charge in [0.2, 0.25) is 0 Å². The fraction of sp³-hybridized carbons (Fsp3) is 0.235. The van der Waals surface area contributed by atoms with E-state index < -0.39 is 35.1 Å². The molecule has 0 aromatic heterocycles. The standard InChI is InChI=1S/C17H14F6N2O/c1-9-3-4-10(5-14(9)24-2)15(26)25-13-7-11(16(18,19)20)6-12(8-13)17(21,22)23/h3-8,24H,1-2H3,(H,25,26). The first-order valence-electron chi connectivity index (χ1n) is 7.31. The van der Waals surface area contributed by atoms with Gasteiger partial charge in [0, 0.05) is 24.0 Å². The number of halogens is 6. The van der Waals surface area contributed by atoms with Crippen molar-refractivity contribution in [3.63, 3.8) is 0 Å². The van der Waals surface area contributed by atoms with Crippen molar-refractivity contribution in [1.82, 2.24) is 0 Å². The molecule has 26 heavy (non-hydrogen) atoms. The predicted octanol–water partition coefficient (Wildman–Crippen LogP) is 5.33. The second-order valence-corrected chi connectivity index (χ2v) is 5.53. The molecule has 0 aliphatic heterocycles. The minimum atomic E-state index is -4.98. The van der Waals surface area contributed by atoms with E-state index in [1.807, 2.05) is 0 Å². The van der Waals surface area contributed by atoms with Crippen molar-refractivity contribution in [2.45, 2.75) is 19.3 Å². The molecule has 0 saturated carbocycles. The Morgan fingerprint density at radius 1 is 0.885 bits per heavy atom. The Balaban J connectivity index is 2.40. The van der Waals surface area contributed by atoms with E-state index in [4.69, 9.17) is 0 Å². The topological polar surface area (TPSA) is 41.1 Å². The summed E-state index contributed by atoms with van der Waals surface area (Å²) < 4.78 is 77.1. The quantitative estimate of drug-likeness (QED) is 0.712. The molecule has 2 rings (SSSR count). The fourth-order valence-electron chi connectivity index (χ4n) is 2.26. The van der Waals surface area contributed by atoms with E-state index in [0.29, 0.717) is 17.8 Å². The van der Waals surface area contributed by atoms with E-state index in [1.54, 1.807) is 20.0 Å². The minimum Gasteiger partial charge on any atom is -0.388 e. The molecule has 0 spiro atoms. The Labute approximate surface area is 145 Å². The van der Waals surface area contributed by atoms with Crippen LogP contribution in [0.2, 0.25) is 0 Å². The number of hydrogen-bond donors (Lipinski definition) is 2. The van der Waals surface area contributed by atoms with Gasteiger partial charge in [-0.25, -0.2) is 0 Å². The molecule has 1 amide bonds. The summed E-state index contributed by atoms with van der Waals surface area (Å²) in [6, 6.07) is 5.39. The molecule has 0 atom stereocenters. The molecule has 9 heteroatoms. The molecule has 0 aliphatic carbocycles. The van der Waals surface area contributed by atoms with Crippen LogP contribution in [0.5, 0.6) is 0 Å². The lowest BCUT2D eigenvalue weighted by Gasteiger charge is -2.15. The maximum absolute atomic E-state index is 12.9. The summed E-state index contributed by atoms with van der Waals surface area (Å²) in [5, 5.41) is 4.92. The number of rotatable bonds is 3. The summed E-state index contributed by atoms with van der Waals surface area (Å²) in [4.78, 5) is 12.2. The maximum atomic E-state index is 12.9. The molecular weight excluding hydrogens is 362 g/mol. The Bertz CT molecular complexity index is 795. The second-order valence-electron chi connectivity index (χ2n) is 5.53. The lowest BCUT2D eigenvalue weighted by Crippen LogP contribution is -2.16. The zero-order valence-corrected chi connectivity index (χ0v) is 13.6. The zero-order chi connectivity index (χ0) is 19.7. The summed E-state index contributed by atoms with van der Waals surface area (Å²) in [7, 11) is 1.62. The summed E-state index contributed by atoms with van der Waals surface area (Å²) in [6.07, 6.45) is -9.96. The molecule has 2 aromatic rings. The second kappa shape index (κ2) is 6.89. The van der Waals surface area contributed by atoms with Crippen molar-refractivity contribution >= 4 is 17.3 Å². The van der Waals surface area contributed by atoms with Gasteiger partial charge in [-0.05, 0) is 42.8 Å². The van der Waals surface area contributed by atoms with Gasteiger partial charge in [-0.3, -0.25) is 4.79 Å². The van der Waals surface area contributed by atoms with Gasteiger partial charge < -0.3 is 10.6 Å². The van der Waals surface area contributed by atoms with E-state index >= 15 is 0 Å². The molecule has 0 heterocycles. The average Bonchev–Trinajstić information content (AvgIpc) is 2.53. The number of benzene rings is 2. The lowest BCUT2D eigenvalue weighted by atomic mass is 10.1. The van der Waals surface area contributed by atoms with Crippen LogP contribution in [-0.4, -0.2) is 13.0 Å². The van der Waals surface area contributed by atoms with Gasteiger partial charge in [-0.2, -0.15) is 26.3 Å². The Kier molecular flexibility index (Phi) is 5.20. The van der Waals surface area contributed by atoms with Crippen LogP contribution in [-0.2, 0) is 12.4 Å². The third-order valence-corrected chi connectivity index (χ3v) is 3.61. The molecule has 0 unspecified atom stereocenters. The molecular formula is C17H14F6N2O. The molecule has 0 bridgehead atoms. The van der Waals surface area contributed by atoms with Gasteiger partial charge in [0.25, 0.3) is 5.91 Å². The van der Waals surface area contributed by atoms with Crippen LogP contribution in [0.15, 0.2) is 36.4 Å². The van der Waals surface area contributed by atoms with E-state index in [-0.39, 0.29) is 11.6 Å². The van der Waals surface area contributed by atoms with Gasteiger partial charge in [0.05, 0.1) is 11.1 Å². The molecule has 140 valence electrons. The number of aryl methyl sites for hydroxylation is 1. The normalized spacial score (nSPS) is 12.0. The van der Waals surface area contributed by atoms with Crippen LogP contribution >= 0.6 is 0 Å². The SMILES string of the molecule is CNc1cc(C(=O)Nc2cc(C(F)(F)F)cc(C(F)(F)F)c2)ccc1C. The molecule has 0 fully saturated rings. The van der Waals surface area contributed by atoms with Crippen LogP contribution in [0.1, 0.15) is 27.0 Å². The number of carbonyl (C=O) groups excluding carboxylic acids is 1. The monoisotopic (exact) mass is 376 g/mol. The average molecular weight is 376 g/mol. The van der Waals surface area contributed by atoms with E-state index in [1.165, 1.54) is 12.1 Å². The van der Waals surface area contributed by atoms with Crippen molar-refractivity contribution in [3.8, 4) is 0 Å². The smallest absolute Gasteiger partial charge is 0.388 e. The Morgan fingerprint density at radius 2 is 1.42 bits per heavy atom. The van der Waals surface area contributed by atoms with Crippen LogP contribution in [0.4, 0.5) is 37.7 Å². The number of anilines is 2. The fourth-order valence-corrected chi connectivity index (χ4v) is 2.26. The molecule has 0 saturated heterocycles. The largest absolute Gasteiger partial charge is 0.416 e. The van der Waals surface area contributed by atoms with Crippen molar-refractivity contribution in [3.05, 3.63) is 58.7 Å². The van der Waals surface area contributed by atoms with Crippen LogP contribution in [0.3, 0.4) is 0 Å². The van der Waals surface area contributed by atoms with Crippen molar-refractivity contribution in [2.24, 2.45) is 0 Å². The highest BCUT2D eigenvalue weighted by Crippen LogP contribution is 2.37. The third kappa shape index (κ3) is 4.47. The van der Waals surface area contributed by atoms with Gasteiger partial charge in [0.15, 0.2) is 0 Å². The predicted molar refractivity (Wildman–Crippen MR) is 85.1 cm³/mol. The highest BCUT2D eigenvalue weighted by molar-refractivity contribution is 6.05. The number of nitrogens with one attached hydrogen (secondary N) is 2. The molecule has 2 aromatic carbocycles. The summed E-state index contributed by atoms with van der Waals surface area (Å²) in [5.74, 6) is -0.825. The van der Waals surface area contributed by atoms with E-state index in [2.05, 4.69) is 10.6 Å². The third-order valence-electron chi connectivity index (χ3n) is 3.61. The van der Waals surface area contributed by atoms with E-state index in [9.17, 15) is 31.1 Å². The van der Waals surface area contributed by atoms with E-state index in [0.717, 1.165) is 5.56 Å². The molecule has 2 N–H and O–H groups in total. The summed E-state index contributed by atoms with van der Waals surface area (Å²) >= 11 is 0. The Hall–Kier alpha value is -2.71. The highest BCUT2D eigenvalue weighted by Gasteiger charge is 2.37. The number of amides is 1. The van der Waals surface area contributed by atoms with Gasteiger partial charge >= 0.3 is 12.4 Å². The van der Waals surface area contributed by atoms with Crippen LogP contribution in [0, 0.1) is 6.92 Å². The number of alkyl halides is 6. The number of hydrogen-bond acceptors (Lipinski definition) is 2. The minimum absolute atomic E-state index is 0.000636. The van der Waals surface area contributed by atoms with Crippen LogP contribution < -0.4 is 10.6 Å². The van der Waals surface area contributed by atoms with Crippen molar-refractivity contribution in [2.75, 3.05) is 17.7 Å². The van der Waals surface area contributed by atoms with Crippen molar-refractivity contribution < 1.29 is 31.1 Å². The lowest BCUT2D eigenvalue weighted by molar-refractivity contribution is -0.143. The van der Waals surface area contributed by atoms with Gasteiger partial charge in [-0.1, -0.05) is 6.07 Å². The molecule has 0 radical (unpaired) electrons. The zero-order valence-electron chi connectivity index (χ0n) is 13.6. The molecule has 0 aliphatic rings.